The number of anilines is 1. The first kappa shape index (κ1) is 14.8. The van der Waals surface area contributed by atoms with Gasteiger partial charge in [-0.15, -0.1) is 0 Å². The second kappa shape index (κ2) is 5.41. The Morgan fingerprint density at radius 1 is 1.20 bits per heavy atom. The van der Waals surface area contributed by atoms with Crippen molar-refractivity contribution in [1.29, 1.82) is 0 Å². The lowest BCUT2D eigenvalue weighted by Crippen LogP contribution is -2.13. The van der Waals surface area contributed by atoms with E-state index in [0.29, 0.717) is 5.56 Å². The van der Waals surface area contributed by atoms with Crippen LogP contribution in [0.4, 0.5) is 10.1 Å². The number of benzene rings is 2. The van der Waals surface area contributed by atoms with Gasteiger partial charge in [-0.1, -0.05) is 0 Å². The molecule has 0 saturated heterocycles. The molecular formula is C13H11BrFNO3S. The van der Waals surface area contributed by atoms with E-state index in [1.165, 1.54) is 36.4 Å². The van der Waals surface area contributed by atoms with Gasteiger partial charge < -0.3 is 5.11 Å². The van der Waals surface area contributed by atoms with E-state index in [0.717, 1.165) is 0 Å². The monoisotopic (exact) mass is 359 g/mol. The molecule has 2 aromatic carbocycles. The van der Waals surface area contributed by atoms with E-state index in [1.807, 2.05) is 0 Å². The number of hydrogen-bond acceptors (Lipinski definition) is 3. The van der Waals surface area contributed by atoms with Crippen LogP contribution in [-0.2, 0) is 10.0 Å². The number of sulfonamides is 1. The van der Waals surface area contributed by atoms with Crippen molar-refractivity contribution in [3.8, 4) is 5.75 Å². The molecule has 0 saturated carbocycles. The maximum Gasteiger partial charge on any atom is 0.261 e. The topological polar surface area (TPSA) is 66.4 Å². The maximum atomic E-state index is 13.3. The highest BCUT2D eigenvalue weighted by Gasteiger charge is 2.16. The summed E-state index contributed by atoms with van der Waals surface area (Å²) < 4.78 is 40.2. The summed E-state index contributed by atoms with van der Waals surface area (Å²) in [5.74, 6) is -0.486. The molecule has 106 valence electrons. The Morgan fingerprint density at radius 2 is 1.80 bits per heavy atom. The summed E-state index contributed by atoms with van der Waals surface area (Å²) in [6, 6.07) is 7.72. The van der Waals surface area contributed by atoms with Gasteiger partial charge in [-0.3, -0.25) is 4.72 Å². The molecule has 0 bridgehead atoms. The summed E-state index contributed by atoms with van der Waals surface area (Å²) in [4.78, 5) is 0.00940. The predicted molar refractivity (Wildman–Crippen MR) is 77.8 cm³/mol. The molecule has 0 aliphatic heterocycles. The second-order valence-corrected chi connectivity index (χ2v) is 6.72. The number of aromatic hydroxyl groups is 1. The Bertz CT molecular complexity index is 745. The summed E-state index contributed by atoms with van der Waals surface area (Å²) >= 11 is 3.01. The van der Waals surface area contributed by atoms with Crippen LogP contribution < -0.4 is 4.72 Å². The third-order valence-corrected chi connectivity index (χ3v) is 4.65. The van der Waals surface area contributed by atoms with Gasteiger partial charge >= 0.3 is 0 Å². The standard InChI is InChI=1S/C13H11BrFNO3S/c1-8-6-12(15)11(14)7-13(8)16-20(18,19)10-4-2-9(17)3-5-10/h2-7,16-17H,1H3. The van der Waals surface area contributed by atoms with Gasteiger partial charge in [0.1, 0.15) is 11.6 Å². The Morgan fingerprint density at radius 3 is 2.40 bits per heavy atom. The molecule has 0 atom stereocenters. The molecular weight excluding hydrogens is 349 g/mol. The van der Waals surface area contributed by atoms with Crippen molar-refractivity contribution in [2.24, 2.45) is 0 Å². The zero-order valence-electron chi connectivity index (χ0n) is 10.4. The normalized spacial score (nSPS) is 11.3. The van der Waals surface area contributed by atoms with Crippen LogP contribution in [0, 0.1) is 12.7 Å². The Kier molecular flexibility index (Phi) is 4.01. The van der Waals surface area contributed by atoms with E-state index in [9.17, 15) is 12.8 Å². The molecule has 0 spiro atoms. The van der Waals surface area contributed by atoms with Crippen molar-refractivity contribution in [2.45, 2.75) is 11.8 Å². The van der Waals surface area contributed by atoms with Gasteiger partial charge in [-0.2, -0.15) is 0 Å². The highest BCUT2D eigenvalue weighted by molar-refractivity contribution is 9.10. The minimum absolute atomic E-state index is 0.00940. The van der Waals surface area contributed by atoms with Crippen molar-refractivity contribution >= 4 is 31.6 Å². The number of halogens is 2. The lowest BCUT2D eigenvalue weighted by molar-refractivity contribution is 0.475. The molecule has 2 N–H and O–H groups in total. The van der Waals surface area contributed by atoms with Gasteiger partial charge in [0, 0.05) is 0 Å². The van der Waals surface area contributed by atoms with Gasteiger partial charge in [0.2, 0.25) is 0 Å². The molecule has 2 rings (SSSR count). The van der Waals surface area contributed by atoms with Gasteiger partial charge in [-0.05, 0) is 64.8 Å². The number of phenolic OH excluding ortho intramolecular Hbond substituents is 1. The van der Waals surface area contributed by atoms with Gasteiger partial charge in [0.05, 0.1) is 15.1 Å². The van der Waals surface area contributed by atoms with Crippen molar-refractivity contribution in [3.63, 3.8) is 0 Å². The number of hydrogen-bond donors (Lipinski definition) is 2. The lowest BCUT2D eigenvalue weighted by Gasteiger charge is -2.11. The van der Waals surface area contributed by atoms with Crippen molar-refractivity contribution in [2.75, 3.05) is 4.72 Å². The summed E-state index contributed by atoms with van der Waals surface area (Å²) in [5.41, 5.74) is 0.749. The third kappa shape index (κ3) is 3.10. The highest BCUT2D eigenvalue weighted by atomic mass is 79.9. The van der Waals surface area contributed by atoms with Crippen LogP contribution in [-0.4, -0.2) is 13.5 Å². The summed E-state index contributed by atoms with van der Waals surface area (Å²) in [6.07, 6.45) is 0. The van der Waals surface area contributed by atoms with Crippen molar-refractivity contribution < 1.29 is 17.9 Å². The first-order valence-electron chi connectivity index (χ1n) is 5.57. The fourth-order valence-corrected chi connectivity index (χ4v) is 3.05. The molecule has 0 aliphatic carbocycles. The zero-order chi connectivity index (χ0) is 14.9. The predicted octanol–water partition coefficient (Wildman–Crippen LogP) is 3.40. The summed E-state index contributed by atoms with van der Waals surface area (Å²) in [6.45, 7) is 1.60. The quantitative estimate of drug-likeness (QED) is 0.882. The van der Waals surface area contributed by atoms with E-state index >= 15 is 0 Å². The van der Waals surface area contributed by atoms with Crippen molar-refractivity contribution in [3.05, 3.63) is 52.3 Å². The van der Waals surface area contributed by atoms with E-state index in [-0.39, 0.29) is 20.8 Å². The van der Waals surface area contributed by atoms with Crippen LogP contribution in [0.2, 0.25) is 0 Å². The van der Waals surface area contributed by atoms with Crippen LogP contribution in [0.1, 0.15) is 5.56 Å². The minimum atomic E-state index is -3.79. The number of phenols is 1. The van der Waals surface area contributed by atoms with Crippen LogP contribution in [0.15, 0.2) is 45.8 Å². The Balaban J connectivity index is 2.38. The number of rotatable bonds is 3. The van der Waals surface area contributed by atoms with Crippen LogP contribution in [0.3, 0.4) is 0 Å². The molecule has 0 aromatic heterocycles. The van der Waals surface area contributed by atoms with Crippen LogP contribution in [0.5, 0.6) is 5.75 Å². The molecule has 7 heteroatoms. The minimum Gasteiger partial charge on any atom is -0.508 e. The van der Waals surface area contributed by atoms with Crippen LogP contribution >= 0.6 is 15.9 Å². The SMILES string of the molecule is Cc1cc(F)c(Br)cc1NS(=O)(=O)c1ccc(O)cc1. The fourth-order valence-electron chi connectivity index (χ4n) is 1.59. The molecule has 0 fully saturated rings. The summed E-state index contributed by atoms with van der Waals surface area (Å²) in [7, 11) is -3.79. The molecule has 20 heavy (non-hydrogen) atoms. The van der Waals surface area contributed by atoms with Crippen molar-refractivity contribution in [1.82, 2.24) is 0 Å². The second-order valence-electron chi connectivity index (χ2n) is 4.18. The maximum absolute atomic E-state index is 13.3. The first-order chi connectivity index (χ1) is 9.29. The summed E-state index contributed by atoms with van der Waals surface area (Å²) in [5, 5.41) is 9.16. The first-order valence-corrected chi connectivity index (χ1v) is 7.85. The molecule has 0 heterocycles. The van der Waals surface area contributed by atoms with E-state index in [1.54, 1.807) is 6.92 Å². The van der Waals surface area contributed by atoms with E-state index in [2.05, 4.69) is 20.7 Å². The van der Waals surface area contributed by atoms with E-state index < -0.39 is 15.8 Å². The number of aryl methyl sites for hydroxylation is 1. The van der Waals surface area contributed by atoms with E-state index in [4.69, 9.17) is 5.11 Å². The zero-order valence-corrected chi connectivity index (χ0v) is 12.8. The Labute approximate surface area is 124 Å². The molecule has 4 nitrogen and oxygen atoms in total. The molecule has 0 amide bonds. The molecule has 2 aromatic rings. The van der Waals surface area contributed by atoms with Gasteiger partial charge in [0.25, 0.3) is 10.0 Å². The molecule has 0 aliphatic rings. The lowest BCUT2D eigenvalue weighted by atomic mass is 10.2. The fraction of sp³-hybridized carbons (Fsp3) is 0.0769. The van der Waals surface area contributed by atoms with Gasteiger partial charge in [0.15, 0.2) is 0 Å². The average Bonchev–Trinajstić information content (AvgIpc) is 2.36. The average molecular weight is 360 g/mol. The smallest absolute Gasteiger partial charge is 0.261 e. The molecule has 0 unspecified atom stereocenters. The molecule has 0 radical (unpaired) electrons. The largest absolute Gasteiger partial charge is 0.508 e. The van der Waals surface area contributed by atoms with Gasteiger partial charge in [-0.25, -0.2) is 12.8 Å². The highest BCUT2D eigenvalue weighted by Crippen LogP contribution is 2.26. The van der Waals surface area contributed by atoms with Crippen LogP contribution in [0.25, 0.3) is 0 Å². The third-order valence-electron chi connectivity index (χ3n) is 2.66. The Hall–Kier alpha value is -1.60. The number of nitrogens with one attached hydrogen (secondary N) is 1.